The SMILES string of the molecule is CC(C)Cc1nsc(Sc2cccc(C#N)c2)n1. The molecule has 0 radical (unpaired) electrons. The fourth-order valence-corrected chi connectivity index (χ4v) is 3.14. The normalized spacial score (nSPS) is 10.6. The molecule has 2 aromatic rings. The predicted octanol–water partition coefficient (Wildman–Crippen LogP) is 3.76. The summed E-state index contributed by atoms with van der Waals surface area (Å²) in [6.45, 7) is 4.31. The highest BCUT2D eigenvalue weighted by Gasteiger charge is 2.07. The highest BCUT2D eigenvalue weighted by molar-refractivity contribution is 8.01. The van der Waals surface area contributed by atoms with E-state index in [1.165, 1.54) is 11.5 Å². The van der Waals surface area contributed by atoms with E-state index in [4.69, 9.17) is 5.26 Å². The van der Waals surface area contributed by atoms with Gasteiger partial charge in [-0.1, -0.05) is 31.7 Å². The van der Waals surface area contributed by atoms with Gasteiger partial charge in [-0.25, -0.2) is 4.98 Å². The van der Waals surface area contributed by atoms with Gasteiger partial charge in [0.1, 0.15) is 5.82 Å². The van der Waals surface area contributed by atoms with Gasteiger partial charge in [0.05, 0.1) is 11.6 Å². The minimum Gasteiger partial charge on any atom is -0.213 e. The minimum atomic E-state index is 0.569. The molecule has 2 rings (SSSR count). The van der Waals surface area contributed by atoms with Crippen LogP contribution in [0.1, 0.15) is 25.2 Å². The molecule has 5 heteroatoms. The van der Waals surface area contributed by atoms with E-state index in [0.29, 0.717) is 11.5 Å². The van der Waals surface area contributed by atoms with Crippen molar-refractivity contribution in [2.75, 3.05) is 0 Å². The topological polar surface area (TPSA) is 49.6 Å². The lowest BCUT2D eigenvalue weighted by atomic mass is 10.1. The molecule has 18 heavy (non-hydrogen) atoms. The molecule has 0 atom stereocenters. The molecule has 0 saturated heterocycles. The van der Waals surface area contributed by atoms with E-state index in [2.05, 4.69) is 29.3 Å². The largest absolute Gasteiger partial charge is 0.213 e. The second-order valence-electron chi connectivity index (χ2n) is 4.32. The van der Waals surface area contributed by atoms with Crippen LogP contribution in [0.2, 0.25) is 0 Å². The van der Waals surface area contributed by atoms with Crippen LogP contribution in [0.15, 0.2) is 33.5 Å². The number of aromatic nitrogens is 2. The molecule has 1 heterocycles. The van der Waals surface area contributed by atoms with E-state index in [-0.39, 0.29) is 0 Å². The number of rotatable bonds is 4. The Balaban J connectivity index is 2.09. The maximum absolute atomic E-state index is 8.85. The van der Waals surface area contributed by atoms with E-state index >= 15 is 0 Å². The fraction of sp³-hybridized carbons (Fsp3) is 0.308. The lowest BCUT2D eigenvalue weighted by Crippen LogP contribution is -1.95. The molecule has 0 unspecified atom stereocenters. The molecule has 0 spiro atoms. The average molecular weight is 275 g/mol. The van der Waals surface area contributed by atoms with Crippen molar-refractivity contribution in [3.05, 3.63) is 35.7 Å². The van der Waals surface area contributed by atoms with Crippen molar-refractivity contribution in [1.29, 1.82) is 5.26 Å². The van der Waals surface area contributed by atoms with Crippen molar-refractivity contribution in [3.8, 4) is 6.07 Å². The van der Waals surface area contributed by atoms with Crippen molar-refractivity contribution in [2.45, 2.75) is 29.5 Å². The molecule has 0 fully saturated rings. The lowest BCUT2D eigenvalue weighted by molar-refractivity contribution is 0.625. The van der Waals surface area contributed by atoms with E-state index < -0.39 is 0 Å². The Hall–Kier alpha value is -1.38. The molecule has 1 aromatic heterocycles. The number of hydrogen-bond acceptors (Lipinski definition) is 5. The van der Waals surface area contributed by atoms with Gasteiger partial charge in [0, 0.05) is 11.3 Å². The molecule has 0 bridgehead atoms. The van der Waals surface area contributed by atoms with Crippen molar-refractivity contribution < 1.29 is 0 Å². The number of nitriles is 1. The highest BCUT2D eigenvalue weighted by atomic mass is 32.2. The standard InChI is InChI=1S/C13H13N3S2/c1-9(2)6-12-15-13(18-16-12)17-11-5-3-4-10(7-11)8-14/h3-5,7,9H,6H2,1-2H3. The molecule has 0 aliphatic heterocycles. The highest BCUT2D eigenvalue weighted by Crippen LogP contribution is 2.29. The summed E-state index contributed by atoms with van der Waals surface area (Å²) in [6, 6.07) is 9.67. The van der Waals surface area contributed by atoms with Gasteiger partial charge in [-0.15, -0.1) is 0 Å². The van der Waals surface area contributed by atoms with Crippen molar-refractivity contribution >= 4 is 23.3 Å². The van der Waals surface area contributed by atoms with Crippen molar-refractivity contribution in [3.63, 3.8) is 0 Å². The first-order valence-electron chi connectivity index (χ1n) is 5.68. The van der Waals surface area contributed by atoms with E-state index in [1.54, 1.807) is 17.8 Å². The Morgan fingerprint density at radius 3 is 3.00 bits per heavy atom. The Kier molecular flexibility index (Phi) is 4.34. The summed E-state index contributed by atoms with van der Waals surface area (Å²) in [7, 11) is 0. The minimum absolute atomic E-state index is 0.569. The van der Waals surface area contributed by atoms with Crippen molar-refractivity contribution in [1.82, 2.24) is 9.36 Å². The van der Waals surface area contributed by atoms with Gasteiger partial charge in [0.15, 0.2) is 4.34 Å². The fourth-order valence-electron chi connectivity index (χ4n) is 1.46. The second-order valence-corrected chi connectivity index (χ2v) is 6.39. The van der Waals surface area contributed by atoms with Crippen LogP contribution in [0.25, 0.3) is 0 Å². The summed E-state index contributed by atoms with van der Waals surface area (Å²) in [4.78, 5) is 5.52. The first-order chi connectivity index (χ1) is 8.67. The van der Waals surface area contributed by atoms with E-state index in [0.717, 1.165) is 21.5 Å². The first kappa shape index (κ1) is 13.1. The Labute approximate surface area is 115 Å². The lowest BCUT2D eigenvalue weighted by Gasteiger charge is -1.98. The summed E-state index contributed by atoms with van der Waals surface area (Å²) in [5, 5.41) is 8.85. The van der Waals surface area contributed by atoms with Gasteiger partial charge in [0.2, 0.25) is 0 Å². The molecular formula is C13H13N3S2. The third-order valence-corrected chi connectivity index (χ3v) is 3.99. The molecule has 0 saturated carbocycles. The Bertz CT molecular complexity index is 570. The maximum Gasteiger partial charge on any atom is 0.174 e. The smallest absolute Gasteiger partial charge is 0.174 e. The van der Waals surface area contributed by atoms with Crippen LogP contribution in [-0.2, 0) is 6.42 Å². The first-order valence-corrected chi connectivity index (χ1v) is 7.27. The molecule has 92 valence electrons. The predicted molar refractivity (Wildman–Crippen MR) is 73.7 cm³/mol. The monoisotopic (exact) mass is 275 g/mol. The van der Waals surface area contributed by atoms with Crippen LogP contribution < -0.4 is 0 Å². The van der Waals surface area contributed by atoms with Crippen LogP contribution >= 0.6 is 23.3 Å². The van der Waals surface area contributed by atoms with Gasteiger partial charge in [-0.3, -0.25) is 0 Å². The van der Waals surface area contributed by atoms with Crippen molar-refractivity contribution in [2.24, 2.45) is 5.92 Å². The zero-order valence-corrected chi connectivity index (χ0v) is 11.9. The third-order valence-electron chi connectivity index (χ3n) is 2.21. The molecule has 0 aliphatic carbocycles. The van der Waals surface area contributed by atoms with Gasteiger partial charge < -0.3 is 0 Å². The maximum atomic E-state index is 8.85. The summed E-state index contributed by atoms with van der Waals surface area (Å²) in [5.74, 6) is 1.48. The van der Waals surface area contributed by atoms with Gasteiger partial charge in [-0.2, -0.15) is 9.64 Å². The third kappa shape index (κ3) is 3.56. The molecule has 0 N–H and O–H groups in total. The Morgan fingerprint density at radius 2 is 2.28 bits per heavy atom. The summed E-state index contributed by atoms with van der Waals surface area (Å²) in [5.41, 5.74) is 0.673. The summed E-state index contributed by atoms with van der Waals surface area (Å²) < 4.78 is 5.27. The van der Waals surface area contributed by atoms with Crippen LogP contribution in [0.4, 0.5) is 0 Å². The molecular weight excluding hydrogens is 262 g/mol. The number of benzene rings is 1. The van der Waals surface area contributed by atoms with Gasteiger partial charge in [-0.05, 0) is 35.6 Å². The molecule has 0 amide bonds. The second kappa shape index (κ2) is 5.98. The van der Waals surface area contributed by atoms with Crippen LogP contribution in [0.3, 0.4) is 0 Å². The Morgan fingerprint density at radius 1 is 1.44 bits per heavy atom. The number of nitrogens with zero attached hydrogens (tertiary/aromatic N) is 3. The zero-order valence-electron chi connectivity index (χ0n) is 10.3. The van der Waals surface area contributed by atoms with E-state index in [9.17, 15) is 0 Å². The van der Waals surface area contributed by atoms with Crippen LogP contribution in [0.5, 0.6) is 0 Å². The molecule has 3 nitrogen and oxygen atoms in total. The summed E-state index contributed by atoms with van der Waals surface area (Å²) >= 11 is 2.98. The average Bonchev–Trinajstić information content (AvgIpc) is 2.76. The van der Waals surface area contributed by atoms with Crippen LogP contribution in [-0.4, -0.2) is 9.36 Å². The van der Waals surface area contributed by atoms with Crippen LogP contribution in [0, 0.1) is 17.2 Å². The van der Waals surface area contributed by atoms with Gasteiger partial charge >= 0.3 is 0 Å². The number of hydrogen-bond donors (Lipinski definition) is 0. The quantitative estimate of drug-likeness (QED) is 0.852. The summed E-state index contributed by atoms with van der Waals surface area (Å²) in [6.07, 6.45) is 0.912. The molecule has 1 aromatic carbocycles. The zero-order chi connectivity index (χ0) is 13.0. The van der Waals surface area contributed by atoms with Gasteiger partial charge in [0.25, 0.3) is 0 Å². The van der Waals surface area contributed by atoms with E-state index in [1.807, 2.05) is 18.2 Å². The molecule has 0 aliphatic rings.